The van der Waals surface area contributed by atoms with E-state index in [0.717, 1.165) is 17.1 Å². The topological polar surface area (TPSA) is 3.24 Å². The second kappa shape index (κ2) is 13.3. The molecular formula is C50H35N. The third-order valence-corrected chi connectivity index (χ3v) is 9.86. The van der Waals surface area contributed by atoms with Gasteiger partial charge in [0, 0.05) is 22.3 Å². The van der Waals surface area contributed by atoms with Crippen molar-refractivity contribution in [2.45, 2.75) is 0 Å². The van der Waals surface area contributed by atoms with Crippen LogP contribution in [0.5, 0.6) is 0 Å². The van der Waals surface area contributed by atoms with Gasteiger partial charge in [-0.05, 0) is 85.4 Å². The van der Waals surface area contributed by atoms with E-state index < -0.39 is 0 Å². The predicted octanol–water partition coefficient (Wildman–Crippen LogP) is 14.1. The molecule has 0 atom stereocenters. The van der Waals surface area contributed by atoms with E-state index in [1.807, 2.05) is 0 Å². The van der Waals surface area contributed by atoms with Gasteiger partial charge in [0.1, 0.15) is 0 Å². The van der Waals surface area contributed by atoms with Crippen molar-refractivity contribution >= 4 is 38.6 Å². The van der Waals surface area contributed by atoms with E-state index in [1.54, 1.807) is 0 Å². The van der Waals surface area contributed by atoms with Gasteiger partial charge in [-0.25, -0.2) is 0 Å². The summed E-state index contributed by atoms with van der Waals surface area (Å²) in [5, 5.41) is 4.96. The normalized spacial score (nSPS) is 11.1. The molecule has 0 heterocycles. The highest BCUT2D eigenvalue weighted by Gasteiger charge is 2.23. The Bertz CT molecular complexity index is 2580. The molecule has 9 aromatic rings. The molecule has 0 unspecified atom stereocenters. The van der Waals surface area contributed by atoms with Gasteiger partial charge in [0.05, 0.1) is 5.69 Å². The maximum absolute atomic E-state index is 2.42. The molecule has 0 amide bonds. The predicted molar refractivity (Wildman–Crippen MR) is 218 cm³/mol. The van der Waals surface area contributed by atoms with Crippen molar-refractivity contribution < 1.29 is 0 Å². The number of hydrogen-bond donors (Lipinski definition) is 0. The Hall–Kier alpha value is -6.70. The first kappa shape index (κ1) is 30.4. The maximum atomic E-state index is 2.42. The molecule has 0 aromatic heterocycles. The first-order chi connectivity index (χ1) is 25.3. The van der Waals surface area contributed by atoms with E-state index in [0.29, 0.717) is 0 Å². The van der Waals surface area contributed by atoms with E-state index in [9.17, 15) is 0 Å². The smallest absolute Gasteiger partial charge is 0.0546 e. The summed E-state index contributed by atoms with van der Waals surface area (Å²) in [6.07, 6.45) is 0. The molecule has 0 bridgehead atoms. The van der Waals surface area contributed by atoms with Gasteiger partial charge in [-0.15, -0.1) is 0 Å². The Labute approximate surface area is 299 Å². The molecule has 0 radical (unpaired) electrons. The van der Waals surface area contributed by atoms with Crippen LogP contribution in [0.1, 0.15) is 0 Å². The molecule has 9 rings (SSSR count). The Balaban J connectivity index is 1.27. The van der Waals surface area contributed by atoms with Crippen LogP contribution in [0, 0.1) is 0 Å². The number of benzene rings is 9. The molecule has 240 valence electrons. The zero-order valence-electron chi connectivity index (χ0n) is 28.2. The van der Waals surface area contributed by atoms with Crippen LogP contribution in [0.25, 0.3) is 66.1 Å². The largest absolute Gasteiger partial charge is 0.310 e. The van der Waals surface area contributed by atoms with E-state index in [-0.39, 0.29) is 0 Å². The summed E-state index contributed by atoms with van der Waals surface area (Å²) in [7, 11) is 0. The fourth-order valence-corrected chi connectivity index (χ4v) is 7.50. The molecular weight excluding hydrogens is 615 g/mol. The minimum absolute atomic E-state index is 1.10. The Morgan fingerprint density at radius 3 is 1.20 bits per heavy atom. The molecule has 0 aliphatic carbocycles. The SMILES string of the molecule is c1ccc(-c2ccc(-c3ccc(N(c4ccccc4)c4cccc5c4c(-c4ccccc4)c(-c4ccccc4)c4ccccc45)cc3)cc2)cc1. The Kier molecular flexibility index (Phi) is 7.92. The van der Waals surface area contributed by atoms with Crippen LogP contribution in [0.2, 0.25) is 0 Å². The van der Waals surface area contributed by atoms with E-state index in [2.05, 4.69) is 217 Å². The lowest BCUT2D eigenvalue weighted by Gasteiger charge is -2.29. The molecule has 0 aliphatic heterocycles. The molecule has 0 spiro atoms. The fraction of sp³-hybridized carbons (Fsp3) is 0. The average Bonchev–Trinajstić information content (AvgIpc) is 3.22. The molecule has 51 heavy (non-hydrogen) atoms. The highest BCUT2D eigenvalue weighted by atomic mass is 15.1. The quantitative estimate of drug-likeness (QED) is 0.155. The van der Waals surface area contributed by atoms with Crippen molar-refractivity contribution in [1.82, 2.24) is 0 Å². The fourth-order valence-electron chi connectivity index (χ4n) is 7.50. The Morgan fingerprint density at radius 1 is 0.235 bits per heavy atom. The van der Waals surface area contributed by atoms with Gasteiger partial charge in [0.25, 0.3) is 0 Å². The van der Waals surface area contributed by atoms with Gasteiger partial charge >= 0.3 is 0 Å². The summed E-state index contributed by atoms with van der Waals surface area (Å²) in [5.74, 6) is 0. The van der Waals surface area contributed by atoms with Gasteiger partial charge in [0.2, 0.25) is 0 Å². The van der Waals surface area contributed by atoms with Crippen LogP contribution in [0.3, 0.4) is 0 Å². The van der Waals surface area contributed by atoms with Gasteiger partial charge < -0.3 is 4.90 Å². The first-order valence-corrected chi connectivity index (χ1v) is 17.5. The minimum Gasteiger partial charge on any atom is -0.310 e. The number of fused-ring (bicyclic) bond motifs is 3. The second-order valence-corrected chi connectivity index (χ2v) is 12.9. The lowest BCUT2D eigenvalue weighted by Crippen LogP contribution is -2.11. The van der Waals surface area contributed by atoms with Crippen LogP contribution in [-0.2, 0) is 0 Å². The number of para-hydroxylation sites is 1. The third-order valence-electron chi connectivity index (χ3n) is 9.86. The highest BCUT2D eigenvalue weighted by molar-refractivity contribution is 6.25. The van der Waals surface area contributed by atoms with E-state index in [4.69, 9.17) is 0 Å². The molecule has 0 aliphatic rings. The van der Waals surface area contributed by atoms with Crippen molar-refractivity contribution in [3.63, 3.8) is 0 Å². The van der Waals surface area contributed by atoms with Crippen molar-refractivity contribution in [3.8, 4) is 44.5 Å². The van der Waals surface area contributed by atoms with Crippen LogP contribution >= 0.6 is 0 Å². The molecule has 0 N–H and O–H groups in total. The summed E-state index contributed by atoms with van der Waals surface area (Å²) in [6, 6.07) is 76.5. The Morgan fingerprint density at radius 2 is 0.627 bits per heavy atom. The minimum atomic E-state index is 1.10. The molecule has 1 nitrogen and oxygen atoms in total. The summed E-state index contributed by atoms with van der Waals surface area (Å²) < 4.78 is 0. The third kappa shape index (κ3) is 5.65. The number of nitrogens with zero attached hydrogens (tertiary/aromatic N) is 1. The zero-order valence-corrected chi connectivity index (χ0v) is 28.2. The average molecular weight is 650 g/mol. The van der Waals surface area contributed by atoms with Gasteiger partial charge in [-0.2, -0.15) is 0 Å². The van der Waals surface area contributed by atoms with E-state index >= 15 is 0 Å². The van der Waals surface area contributed by atoms with Crippen LogP contribution in [0.4, 0.5) is 17.1 Å². The van der Waals surface area contributed by atoms with Gasteiger partial charge in [-0.1, -0.05) is 182 Å². The number of anilines is 3. The lowest BCUT2D eigenvalue weighted by molar-refractivity contribution is 1.30. The molecule has 9 aromatic carbocycles. The standard InChI is InChI=1S/C50H35N/c1-5-16-36(17-6-1)37-28-30-38(31-29-37)39-32-34-43(35-33-39)51(42-22-11-4-12-23-42)47-27-15-26-46-44-24-13-14-25-45(44)48(40-18-7-2-8-19-40)49(50(46)47)41-20-9-3-10-21-41/h1-35H. The summed E-state index contributed by atoms with van der Waals surface area (Å²) in [5.41, 5.74) is 13.1. The van der Waals surface area contributed by atoms with Gasteiger partial charge in [0.15, 0.2) is 0 Å². The number of hydrogen-bond acceptors (Lipinski definition) is 1. The van der Waals surface area contributed by atoms with Crippen molar-refractivity contribution in [2.75, 3.05) is 4.90 Å². The molecule has 1 heteroatoms. The zero-order chi connectivity index (χ0) is 34.0. The maximum Gasteiger partial charge on any atom is 0.0546 e. The number of rotatable bonds is 7. The molecule has 0 fully saturated rings. The second-order valence-electron chi connectivity index (χ2n) is 12.9. The van der Waals surface area contributed by atoms with Crippen LogP contribution in [-0.4, -0.2) is 0 Å². The van der Waals surface area contributed by atoms with Gasteiger partial charge in [-0.3, -0.25) is 0 Å². The lowest BCUT2D eigenvalue weighted by atomic mass is 9.84. The van der Waals surface area contributed by atoms with Crippen molar-refractivity contribution in [2.24, 2.45) is 0 Å². The van der Waals surface area contributed by atoms with Crippen LogP contribution < -0.4 is 4.90 Å². The van der Waals surface area contributed by atoms with Crippen molar-refractivity contribution in [3.05, 3.63) is 212 Å². The summed E-state index contributed by atoms with van der Waals surface area (Å²) >= 11 is 0. The summed E-state index contributed by atoms with van der Waals surface area (Å²) in [4.78, 5) is 2.42. The van der Waals surface area contributed by atoms with E-state index in [1.165, 1.54) is 66.1 Å². The van der Waals surface area contributed by atoms with Crippen LogP contribution in [0.15, 0.2) is 212 Å². The molecule has 0 saturated heterocycles. The molecule has 0 saturated carbocycles. The monoisotopic (exact) mass is 649 g/mol. The highest BCUT2D eigenvalue weighted by Crippen LogP contribution is 2.50. The first-order valence-electron chi connectivity index (χ1n) is 17.5. The summed E-state index contributed by atoms with van der Waals surface area (Å²) in [6.45, 7) is 0. The van der Waals surface area contributed by atoms with Crippen molar-refractivity contribution in [1.29, 1.82) is 0 Å².